The predicted molar refractivity (Wildman–Crippen MR) is 64.1 cm³/mol. The van der Waals surface area contributed by atoms with Crippen LogP contribution in [0.3, 0.4) is 0 Å². The highest BCUT2D eigenvalue weighted by atomic mass is 32.2. The van der Waals surface area contributed by atoms with Gasteiger partial charge in [0.2, 0.25) is 10.0 Å². The summed E-state index contributed by atoms with van der Waals surface area (Å²) in [5.74, 6) is 0. The molecule has 0 aliphatic heterocycles. The van der Waals surface area contributed by atoms with E-state index in [1.165, 1.54) is 0 Å². The molecule has 0 saturated carbocycles. The summed E-state index contributed by atoms with van der Waals surface area (Å²) in [5, 5.41) is 5.36. The van der Waals surface area contributed by atoms with E-state index in [0.29, 0.717) is 12.0 Å². The fourth-order valence-corrected chi connectivity index (χ4v) is 2.97. The molecule has 2 N–H and O–H groups in total. The maximum atomic E-state index is 11.8. The summed E-state index contributed by atoms with van der Waals surface area (Å²) < 4.78 is 22.5. The number of primary sulfonamides is 1. The molecule has 0 bridgehead atoms. The third-order valence-corrected chi connectivity index (χ3v) is 4.36. The van der Waals surface area contributed by atoms with Crippen molar-refractivity contribution in [3.8, 4) is 0 Å². The summed E-state index contributed by atoms with van der Waals surface area (Å²) in [6, 6.07) is 9.05. The van der Waals surface area contributed by atoms with E-state index in [2.05, 4.69) is 0 Å². The number of allylic oxidation sites excluding steroid dienone is 3. The van der Waals surface area contributed by atoms with Crippen molar-refractivity contribution in [3.05, 3.63) is 60.2 Å². The second-order valence-corrected chi connectivity index (χ2v) is 5.61. The molecule has 1 aromatic rings. The molecule has 0 spiro atoms. The van der Waals surface area contributed by atoms with Gasteiger partial charge in [-0.1, -0.05) is 54.6 Å². The monoisotopic (exact) mass is 235 g/mol. The van der Waals surface area contributed by atoms with Gasteiger partial charge in [-0.25, -0.2) is 13.6 Å². The van der Waals surface area contributed by atoms with Crippen LogP contribution in [-0.2, 0) is 14.8 Å². The standard InChI is InChI=1S/C12H13NO2S/c13-16(14,15)12(9-5-2-6-10-12)11-7-3-1-4-8-11/h1-9H,10H2,(H2,13,14,15). The second kappa shape index (κ2) is 3.88. The highest BCUT2D eigenvalue weighted by Crippen LogP contribution is 2.36. The Kier molecular flexibility index (Phi) is 2.69. The Morgan fingerprint density at radius 2 is 1.81 bits per heavy atom. The van der Waals surface area contributed by atoms with Gasteiger partial charge < -0.3 is 0 Å². The van der Waals surface area contributed by atoms with Gasteiger partial charge in [0.05, 0.1) is 0 Å². The van der Waals surface area contributed by atoms with Crippen LogP contribution in [0.1, 0.15) is 12.0 Å². The van der Waals surface area contributed by atoms with E-state index in [4.69, 9.17) is 5.14 Å². The first kappa shape index (κ1) is 11.1. The Morgan fingerprint density at radius 3 is 2.31 bits per heavy atom. The van der Waals surface area contributed by atoms with Crippen molar-refractivity contribution in [2.75, 3.05) is 0 Å². The summed E-state index contributed by atoms with van der Waals surface area (Å²) in [7, 11) is -3.68. The van der Waals surface area contributed by atoms with Crippen LogP contribution in [0.4, 0.5) is 0 Å². The van der Waals surface area contributed by atoms with Crippen molar-refractivity contribution in [2.45, 2.75) is 11.2 Å². The molecule has 16 heavy (non-hydrogen) atoms. The molecule has 1 aromatic carbocycles. The van der Waals surface area contributed by atoms with E-state index in [9.17, 15) is 8.42 Å². The number of benzene rings is 1. The molecule has 0 fully saturated rings. The first-order valence-corrected chi connectivity index (χ1v) is 6.53. The summed E-state index contributed by atoms with van der Waals surface area (Å²) in [6.07, 6.45) is 7.40. The fourth-order valence-electron chi connectivity index (χ4n) is 1.91. The zero-order valence-corrected chi connectivity index (χ0v) is 9.52. The summed E-state index contributed by atoms with van der Waals surface area (Å²) in [5.41, 5.74) is 0.707. The number of nitrogens with two attached hydrogens (primary N) is 1. The van der Waals surface area contributed by atoms with Crippen molar-refractivity contribution in [1.82, 2.24) is 0 Å². The van der Waals surface area contributed by atoms with Gasteiger partial charge in [-0.2, -0.15) is 0 Å². The van der Waals surface area contributed by atoms with Gasteiger partial charge in [0.1, 0.15) is 4.75 Å². The van der Waals surface area contributed by atoms with E-state index in [1.54, 1.807) is 24.3 Å². The third kappa shape index (κ3) is 1.70. The Balaban J connectivity index is 2.62. The van der Waals surface area contributed by atoms with Crippen LogP contribution in [0.15, 0.2) is 54.6 Å². The molecule has 1 atom stereocenters. The molecule has 0 saturated heterocycles. The lowest BCUT2D eigenvalue weighted by molar-refractivity contribution is 0.559. The Hall–Kier alpha value is -1.39. The van der Waals surface area contributed by atoms with E-state index in [1.807, 2.05) is 30.4 Å². The third-order valence-electron chi connectivity index (χ3n) is 2.80. The minimum Gasteiger partial charge on any atom is -0.228 e. The van der Waals surface area contributed by atoms with Crippen LogP contribution in [0, 0.1) is 0 Å². The number of hydrogen-bond acceptors (Lipinski definition) is 2. The average molecular weight is 235 g/mol. The van der Waals surface area contributed by atoms with Gasteiger partial charge in [-0.05, 0) is 12.0 Å². The number of hydrogen-bond donors (Lipinski definition) is 1. The minimum atomic E-state index is -3.68. The molecule has 3 nitrogen and oxygen atoms in total. The lowest BCUT2D eigenvalue weighted by atomic mass is 9.91. The lowest BCUT2D eigenvalue weighted by Gasteiger charge is -2.29. The fraction of sp³-hybridized carbons (Fsp3) is 0.167. The zero-order chi connectivity index (χ0) is 11.6. The quantitative estimate of drug-likeness (QED) is 0.848. The first-order valence-electron chi connectivity index (χ1n) is 4.98. The molecule has 0 amide bonds. The van der Waals surface area contributed by atoms with E-state index in [0.717, 1.165) is 0 Å². The van der Waals surface area contributed by atoms with Gasteiger partial charge in [0.25, 0.3) is 0 Å². The van der Waals surface area contributed by atoms with Crippen molar-refractivity contribution in [2.24, 2.45) is 5.14 Å². The van der Waals surface area contributed by atoms with Crippen LogP contribution in [-0.4, -0.2) is 8.42 Å². The predicted octanol–water partition coefficient (Wildman–Crippen LogP) is 1.69. The summed E-state index contributed by atoms with van der Waals surface area (Å²) in [4.78, 5) is 0. The molecule has 1 aliphatic carbocycles. The largest absolute Gasteiger partial charge is 0.228 e. The molecule has 0 radical (unpaired) electrons. The van der Waals surface area contributed by atoms with Crippen molar-refractivity contribution in [3.63, 3.8) is 0 Å². The summed E-state index contributed by atoms with van der Waals surface area (Å²) >= 11 is 0. The van der Waals surface area contributed by atoms with Crippen molar-refractivity contribution in [1.29, 1.82) is 0 Å². The minimum absolute atomic E-state index is 0.381. The van der Waals surface area contributed by atoms with Crippen molar-refractivity contribution >= 4 is 10.0 Å². The second-order valence-electron chi connectivity index (χ2n) is 3.79. The highest BCUT2D eigenvalue weighted by Gasteiger charge is 2.40. The van der Waals surface area contributed by atoms with Gasteiger partial charge in [-0.3, -0.25) is 0 Å². The number of sulfonamides is 1. The zero-order valence-electron chi connectivity index (χ0n) is 8.71. The van der Waals surface area contributed by atoms with Crippen molar-refractivity contribution < 1.29 is 8.42 Å². The molecule has 84 valence electrons. The SMILES string of the molecule is NS(=O)(=O)C1(c2ccccc2)C=CC=CC1. The maximum absolute atomic E-state index is 11.8. The van der Waals surface area contributed by atoms with Gasteiger partial charge in [0, 0.05) is 0 Å². The smallest absolute Gasteiger partial charge is 0.223 e. The van der Waals surface area contributed by atoms with E-state index in [-0.39, 0.29) is 0 Å². The van der Waals surface area contributed by atoms with Crippen LogP contribution in [0.5, 0.6) is 0 Å². The Labute approximate surface area is 95.3 Å². The van der Waals surface area contributed by atoms with Gasteiger partial charge in [-0.15, -0.1) is 0 Å². The van der Waals surface area contributed by atoms with Gasteiger partial charge in [0.15, 0.2) is 0 Å². The highest BCUT2D eigenvalue weighted by molar-refractivity contribution is 7.90. The normalized spacial score (nSPS) is 24.6. The van der Waals surface area contributed by atoms with Crippen LogP contribution in [0.25, 0.3) is 0 Å². The molecule has 0 aromatic heterocycles. The van der Waals surface area contributed by atoms with Crippen LogP contribution < -0.4 is 5.14 Å². The first-order chi connectivity index (χ1) is 7.56. The van der Waals surface area contributed by atoms with Gasteiger partial charge >= 0.3 is 0 Å². The molecule has 0 heterocycles. The molecule has 4 heteroatoms. The Bertz CT molecular complexity index is 531. The molecule has 2 rings (SSSR count). The molecule has 1 aliphatic rings. The molecule has 1 unspecified atom stereocenters. The molecular formula is C12H13NO2S. The maximum Gasteiger partial charge on any atom is 0.223 e. The van der Waals surface area contributed by atoms with Crippen LogP contribution >= 0.6 is 0 Å². The lowest BCUT2D eigenvalue weighted by Crippen LogP contribution is -2.39. The average Bonchev–Trinajstić information content (AvgIpc) is 2.30. The van der Waals surface area contributed by atoms with Crippen LogP contribution in [0.2, 0.25) is 0 Å². The van der Waals surface area contributed by atoms with E-state index < -0.39 is 14.8 Å². The van der Waals surface area contributed by atoms with E-state index >= 15 is 0 Å². The summed E-state index contributed by atoms with van der Waals surface area (Å²) in [6.45, 7) is 0. The number of rotatable bonds is 2. The molecular weight excluding hydrogens is 222 g/mol. The Morgan fingerprint density at radius 1 is 1.12 bits per heavy atom. The topological polar surface area (TPSA) is 60.2 Å².